The lowest BCUT2D eigenvalue weighted by atomic mass is 10.1. The van der Waals surface area contributed by atoms with E-state index in [1.807, 2.05) is 0 Å². The second-order valence-electron chi connectivity index (χ2n) is 4.40. The minimum Gasteiger partial charge on any atom is -0.478 e. The highest BCUT2D eigenvalue weighted by Crippen LogP contribution is 2.17. The average Bonchev–Trinajstić information content (AvgIpc) is 2.55. The summed E-state index contributed by atoms with van der Waals surface area (Å²) >= 11 is 0. The number of hydrazone groups is 1. The van der Waals surface area contributed by atoms with Gasteiger partial charge in [0.1, 0.15) is 5.56 Å². The zero-order chi connectivity index (χ0) is 16.8. The molecule has 0 saturated carbocycles. The smallest absolute Gasteiger partial charge is 0.335 e. The molecule has 8 heteroatoms. The Morgan fingerprint density at radius 3 is 2.39 bits per heavy atom. The summed E-state index contributed by atoms with van der Waals surface area (Å²) in [6, 6.07) is 11.3. The number of para-hydroxylation sites is 1. The summed E-state index contributed by atoms with van der Waals surface area (Å²) in [5.41, 5.74) is 2.47. The van der Waals surface area contributed by atoms with Crippen LogP contribution in [0.25, 0.3) is 0 Å². The van der Waals surface area contributed by atoms with Crippen molar-refractivity contribution in [1.82, 2.24) is 5.43 Å². The van der Waals surface area contributed by atoms with Gasteiger partial charge in [0, 0.05) is 6.07 Å². The van der Waals surface area contributed by atoms with Crippen LogP contribution in [0.3, 0.4) is 0 Å². The van der Waals surface area contributed by atoms with Gasteiger partial charge in [-0.25, -0.2) is 10.2 Å². The van der Waals surface area contributed by atoms with Gasteiger partial charge in [-0.3, -0.25) is 14.9 Å². The Kier molecular flexibility index (Phi) is 4.78. The fourth-order valence-electron chi connectivity index (χ4n) is 1.76. The molecule has 8 nitrogen and oxygen atoms in total. The first-order chi connectivity index (χ1) is 11.0. The van der Waals surface area contributed by atoms with E-state index in [9.17, 15) is 19.7 Å². The Morgan fingerprint density at radius 1 is 1.13 bits per heavy atom. The molecule has 0 heterocycles. The Balaban J connectivity index is 2.07. The van der Waals surface area contributed by atoms with E-state index in [4.69, 9.17) is 5.11 Å². The number of hydrogen-bond acceptors (Lipinski definition) is 5. The van der Waals surface area contributed by atoms with E-state index in [-0.39, 0.29) is 16.8 Å². The molecule has 0 fully saturated rings. The van der Waals surface area contributed by atoms with E-state index < -0.39 is 16.8 Å². The van der Waals surface area contributed by atoms with Crippen molar-refractivity contribution in [2.45, 2.75) is 0 Å². The van der Waals surface area contributed by atoms with Crippen LogP contribution in [0.4, 0.5) is 5.69 Å². The van der Waals surface area contributed by atoms with Crippen LogP contribution in [0.1, 0.15) is 26.3 Å². The Hall–Kier alpha value is -3.55. The molecule has 116 valence electrons. The fourth-order valence-corrected chi connectivity index (χ4v) is 1.76. The lowest BCUT2D eigenvalue weighted by Crippen LogP contribution is -2.18. The van der Waals surface area contributed by atoms with Crippen LogP contribution in [0.5, 0.6) is 0 Å². The maximum atomic E-state index is 11.9. The molecule has 1 amide bonds. The number of carbonyl (C=O) groups is 2. The predicted molar refractivity (Wildman–Crippen MR) is 81.6 cm³/mol. The zero-order valence-electron chi connectivity index (χ0n) is 11.7. The molecule has 0 aliphatic carbocycles. The molecule has 0 bridgehead atoms. The molecule has 0 unspecified atom stereocenters. The number of nitro groups is 1. The van der Waals surface area contributed by atoms with Crippen molar-refractivity contribution in [3.8, 4) is 0 Å². The third-order valence-electron chi connectivity index (χ3n) is 2.88. The van der Waals surface area contributed by atoms with E-state index in [1.54, 1.807) is 0 Å². The normalized spacial score (nSPS) is 10.4. The van der Waals surface area contributed by atoms with Crippen molar-refractivity contribution in [2.24, 2.45) is 5.10 Å². The van der Waals surface area contributed by atoms with E-state index in [2.05, 4.69) is 10.5 Å². The highest BCUT2D eigenvalue weighted by Gasteiger charge is 2.18. The summed E-state index contributed by atoms with van der Waals surface area (Å²) in [7, 11) is 0. The van der Waals surface area contributed by atoms with E-state index in [0.29, 0.717) is 5.56 Å². The average molecular weight is 313 g/mol. The van der Waals surface area contributed by atoms with Crippen LogP contribution < -0.4 is 5.43 Å². The van der Waals surface area contributed by atoms with Crippen molar-refractivity contribution in [3.05, 3.63) is 75.3 Å². The minimum atomic E-state index is -1.04. The fraction of sp³-hybridized carbons (Fsp3) is 0. The number of hydrogen-bond donors (Lipinski definition) is 2. The largest absolute Gasteiger partial charge is 0.478 e. The topological polar surface area (TPSA) is 122 Å². The standard InChI is InChI=1S/C15H11N3O5/c19-14(12-3-1-2-4-13(12)18(22)23)17-16-9-10-5-7-11(8-6-10)15(20)21/h1-9H,(H,17,19)(H,20,21). The number of carboxylic acids is 1. The van der Waals surface area contributed by atoms with Gasteiger partial charge in [-0.15, -0.1) is 0 Å². The van der Waals surface area contributed by atoms with Crippen LogP contribution in [-0.4, -0.2) is 28.1 Å². The van der Waals surface area contributed by atoms with Crippen LogP contribution in [-0.2, 0) is 0 Å². The Morgan fingerprint density at radius 2 is 1.78 bits per heavy atom. The number of nitrogens with one attached hydrogen (secondary N) is 1. The zero-order valence-corrected chi connectivity index (χ0v) is 11.7. The van der Waals surface area contributed by atoms with Gasteiger partial charge < -0.3 is 5.11 Å². The van der Waals surface area contributed by atoms with Gasteiger partial charge in [0.25, 0.3) is 11.6 Å². The molecule has 0 aliphatic rings. The quantitative estimate of drug-likeness (QED) is 0.497. The van der Waals surface area contributed by atoms with Crippen molar-refractivity contribution in [1.29, 1.82) is 0 Å². The summed E-state index contributed by atoms with van der Waals surface area (Å²) in [4.78, 5) is 32.8. The Bertz CT molecular complexity index is 784. The summed E-state index contributed by atoms with van der Waals surface area (Å²) in [6.07, 6.45) is 1.30. The van der Waals surface area contributed by atoms with Crippen LogP contribution in [0, 0.1) is 10.1 Å². The monoisotopic (exact) mass is 313 g/mol. The SMILES string of the molecule is O=C(O)c1ccc(C=NNC(=O)c2ccccc2[N+](=O)[O-])cc1. The summed E-state index contributed by atoms with van der Waals surface area (Å²) in [5.74, 6) is -1.76. The lowest BCUT2D eigenvalue weighted by Gasteiger charge is -2.01. The number of nitrogens with zero attached hydrogens (tertiary/aromatic N) is 2. The van der Waals surface area contributed by atoms with E-state index >= 15 is 0 Å². The number of amides is 1. The summed E-state index contributed by atoms with van der Waals surface area (Å²) in [5, 5.41) is 23.3. The van der Waals surface area contributed by atoms with Crippen molar-refractivity contribution >= 4 is 23.8 Å². The van der Waals surface area contributed by atoms with Gasteiger partial charge in [-0.2, -0.15) is 5.10 Å². The highest BCUT2D eigenvalue weighted by atomic mass is 16.6. The molecule has 2 aromatic carbocycles. The van der Waals surface area contributed by atoms with Gasteiger partial charge in [0.05, 0.1) is 16.7 Å². The van der Waals surface area contributed by atoms with Crippen LogP contribution in [0.2, 0.25) is 0 Å². The molecular weight excluding hydrogens is 302 g/mol. The maximum absolute atomic E-state index is 11.9. The first-order valence-corrected chi connectivity index (χ1v) is 6.39. The molecule has 0 atom stereocenters. The predicted octanol–water partition coefficient (Wildman–Crippen LogP) is 2.06. The number of aromatic carboxylic acids is 1. The van der Waals surface area contributed by atoms with E-state index in [1.165, 1.54) is 54.7 Å². The second-order valence-corrected chi connectivity index (χ2v) is 4.40. The summed E-state index contributed by atoms with van der Waals surface area (Å²) in [6.45, 7) is 0. The lowest BCUT2D eigenvalue weighted by molar-refractivity contribution is -0.385. The first-order valence-electron chi connectivity index (χ1n) is 6.39. The van der Waals surface area contributed by atoms with Crippen molar-refractivity contribution in [2.75, 3.05) is 0 Å². The number of carboxylic acid groups (broad SMARTS) is 1. The maximum Gasteiger partial charge on any atom is 0.335 e. The second kappa shape index (κ2) is 6.94. The van der Waals surface area contributed by atoms with Gasteiger partial charge in [-0.05, 0) is 23.8 Å². The minimum absolute atomic E-state index is 0.101. The van der Waals surface area contributed by atoms with Crippen LogP contribution in [0.15, 0.2) is 53.6 Å². The summed E-state index contributed by atoms with van der Waals surface area (Å²) < 4.78 is 0. The molecule has 0 spiro atoms. The van der Waals surface area contributed by atoms with Crippen LogP contribution >= 0.6 is 0 Å². The van der Waals surface area contributed by atoms with Gasteiger partial charge in [-0.1, -0.05) is 24.3 Å². The molecular formula is C15H11N3O5. The number of rotatable bonds is 5. The molecule has 23 heavy (non-hydrogen) atoms. The number of benzene rings is 2. The van der Waals surface area contributed by atoms with Gasteiger partial charge in [0.2, 0.25) is 0 Å². The molecule has 0 radical (unpaired) electrons. The third kappa shape index (κ3) is 3.97. The molecule has 2 N–H and O–H groups in total. The molecule has 2 aromatic rings. The molecule has 2 rings (SSSR count). The van der Waals surface area contributed by atoms with Gasteiger partial charge in [0.15, 0.2) is 0 Å². The van der Waals surface area contributed by atoms with E-state index in [0.717, 1.165) is 0 Å². The number of nitro benzene ring substituents is 1. The number of carbonyl (C=O) groups excluding carboxylic acids is 1. The van der Waals surface area contributed by atoms with Crippen molar-refractivity contribution in [3.63, 3.8) is 0 Å². The highest BCUT2D eigenvalue weighted by molar-refractivity contribution is 5.98. The van der Waals surface area contributed by atoms with Crippen molar-refractivity contribution < 1.29 is 19.6 Å². The third-order valence-corrected chi connectivity index (χ3v) is 2.88. The first kappa shape index (κ1) is 15.8. The molecule has 0 aliphatic heterocycles. The molecule has 0 aromatic heterocycles. The Labute approximate surface area is 130 Å². The van der Waals surface area contributed by atoms with Gasteiger partial charge >= 0.3 is 5.97 Å². The molecule has 0 saturated heterocycles.